The zero-order valence-corrected chi connectivity index (χ0v) is 22.5. The summed E-state index contributed by atoms with van der Waals surface area (Å²) in [4.78, 5) is 32.2. The summed E-state index contributed by atoms with van der Waals surface area (Å²) in [6, 6.07) is 15.3. The molecule has 0 aliphatic carbocycles. The second-order valence-electron chi connectivity index (χ2n) is 9.57. The fraction of sp³-hybridized carbons (Fsp3) is 0.300. The summed E-state index contributed by atoms with van der Waals surface area (Å²) in [7, 11) is 0. The van der Waals surface area contributed by atoms with Gasteiger partial charge in [0.2, 0.25) is 0 Å². The van der Waals surface area contributed by atoms with Crippen LogP contribution in [0, 0.1) is 0 Å². The summed E-state index contributed by atoms with van der Waals surface area (Å²) in [5.41, 5.74) is 4.67. The van der Waals surface area contributed by atoms with E-state index >= 15 is 0 Å². The van der Waals surface area contributed by atoms with E-state index in [9.17, 15) is 9.59 Å². The van der Waals surface area contributed by atoms with Gasteiger partial charge in [0.25, 0.3) is 5.56 Å². The van der Waals surface area contributed by atoms with E-state index in [1.165, 1.54) is 16.9 Å². The van der Waals surface area contributed by atoms with Crippen LogP contribution < -0.4 is 19.6 Å². The molecular formula is C30H30N2O4S. The van der Waals surface area contributed by atoms with Crippen molar-refractivity contribution in [2.24, 2.45) is 4.99 Å². The second-order valence-corrected chi connectivity index (χ2v) is 10.6. The summed E-state index contributed by atoms with van der Waals surface area (Å²) < 4.78 is 13.6. The molecule has 0 amide bonds. The average Bonchev–Trinajstić information content (AvgIpc) is 3.18. The number of carbonyl (C=O) groups is 1. The quantitative estimate of drug-likeness (QED) is 0.462. The minimum Gasteiger partial charge on any atom is -0.485 e. The van der Waals surface area contributed by atoms with Gasteiger partial charge < -0.3 is 9.47 Å². The molecule has 0 bridgehead atoms. The summed E-state index contributed by atoms with van der Waals surface area (Å²) in [6.07, 6.45) is 3.73. The molecule has 0 N–H and O–H groups in total. The van der Waals surface area contributed by atoms with Crippen molar-refractivity contribution < 1.29 is 14.3 Å². The SMILES string of the molecule is CCOC(=O)C1=C(C)N=c2s/c(=C/C3=Cc4ccccc4O[C@@H]3C)c(=O)n2[C@@H]1c1ccc(C(C)C)cc1. The number of nitrogens with zero attached hydrogens (tertiary/aromatic N) is 2. The molecule has 3 aromatic rings. The molecule has 2 aliphatic rings. The van der Waals surface area contributed by atoms with Gasteiger partial charge in [0.05, 0.1) is 28.5 Å². The van der Waals surface area contributed by atoms with Crippen LogP contribution in [0.1, 0.15) is 63.3 Å². The average molecular weight is 515 g/mol. The second kappa shape index (κ2) is 9.98. The number of ether oxygens (including phenoxy) is 2. The minimum absolute atomic E-state index is 0.192. The number of allylic oxidation sites excluding steroid dienone is 1. The Morgan fingerprint density at radius 3 is 2.62 bits per heavy atom. The van der Waals surface area contributed by atoms with Crippen molar-refractivity contribution in [3.63, 3.8) is 0 Å². The van der Waals surface area contributed by atoms with Crippen molar-refractivity contribution in [1.82, 2.24) is 4.57 Å². The predicted molar refractivity (Wildman–Crippen MR) is 146 cm³/mol. The van der Waals surface area contributed by atoms with Gasteiger partial charge in [0.15, 0.2) is 4.80 Å². The summed E-state index contributed by atoms with van der Waals surface area (Å²) in [6.45, 7) is 10.1. The van der Waals surface area contributed by atoms with Crippen LogP contribution in [-0.4, -0.2) is 23.2 Å². The Morgan fingerprint density at radius 2 is 1.92 bits per heavy atom. The van der Waals surface area contributed by atoms with E-state index in [1.807, 2.05) is 49.4 Å². The molecule has 6 nitrogen and oxygen atoms in total. The molecule has 2 aromatic carbocycles. The number of para-hydroxylation sites is 1. The number of aromatic nitrogens is 1. The fourth-order valence-corrected chi connectivity index (χ4v) is 5.79. The van der Waals surface area contributed by atoms with Crippen molar-refractivity contribution in [2.75, 3.05) is 6.61 Å². The zero-order chi connectivity index (χ0) is 26.3. The Hall–Kier alpha value is -3.71. The Labute approximate surface area is 219 Å². The van der Waals surface area contributed by atoms with Crippen LogP contribution in [0.15, 0.2) is 75.2 Å². The first-order chi connectivity index (χ1) is 17.8. The zero-order valence-electron chi connectivity index (χ0n) is 21.6. The molecule has 2 aliphatic heterocycles. The molecule has 5 rings (SSSR count). The molecule has 190 valence electrons. The predicted octanol–water partition coefficient (Wildman–Crippen LogP) is 4.74. The lowest BCUT2D eigenvalue weighted by Gasteiger charge is -2.25. The molecule has 2 atom stereocenters. The molecule has 3 heterocycles. The first-order valence-corrected chi connectivity index (χ1v) is 13.4. The third-order valence-corrected chi connectivity index (χ3v) is 7.73. The lowest BCUT2D eigenvalue weighted by Crippen LogP contribution is -2.40. The number of hydrogen-bond acceptors (Lipinski definition) is 6. The topological polar surface area (TPSA) is 69.9 Å². The van der Waals surface area contributed by atoms with Gasteiger partial charge in [0, 0.05) is 5.56 Å². The normalized spacial score (nSPS) is 19.1. The number of rotatable bonds is 5. The van der Waals surface area contributed by atoms with Gasteiger partial charge in [-0.25, -0.2) is 9.79 Å². The van der Waals surface area contributed by atoms with Crippen molar-refractivity contribution in [1.29, 1.82) is 0 Å². The lowest BCUT2D eigenvalue weighted by molar-refractivity contribution is -0.139. The Balaban J connectivity index is 1.68. The Morgan fingerprint density at radius 1 is 1.19 bits per heavy atom. The van der Waals surface area contributed by atoms with Crippen LogP contribution in [-0.2, 0) is 9.53 Å². The highest BCUT2D eigenvalue weighted by molar-refractivity contribution is 7.07. The van der Waals surface area contributed by atoms with Gasteiger partial charge in [-0.1, -0.05) is 67.6 Å². The van der Waals surface area contributed by atoms with Crippen LogP contribution >= 0.6 is 11.3 Å². The molecule has 0 spiro atoms. The van der Waals surface area contributed by atoms with E-state index in [2.05, 4.69) is 37.0 Å². The molecule has 1 aromatic heterocycles. The van der Waals surface area contributed by atoms with E-state index < -0.39 is 12.0 Å². The summed E-state index contributed by atoms with van der Waals surface area (Å²) in [5, 5.41) is 0. The van der Waals surface area contributed by atoms with Gasteiger partial charge >= 0.3 is 5.97 Å². The number of carbonyl (C=O) groups excluding carboxylic acids is 1. The van der Waals surface area contributed by atoms with Gasteiger partial charge in [-0.3, -0.25) is 9.36 Å². The third-order valence-electron chi connectivity index (χ3n) is 6.75. The third kappa shape index (κ3) is 4.60. The summed E-state index contributed by atoms with van der Waals surface area (Å²) >= 11 is 1.32. The highest BCUT2D eigenvalue weighted by Gasteiger charge is 2.33. The maximum absolute atomic E-state index is 13.9. The first kappa shape index (κ1) is 25.0. The Bertz CT molecular complexity index is 1610. The van der Waals surface area contributed by atoms with E-state index in [0.717, 1.165) is 22.4 Å². The number of hydrogen-bond donors (Lipinski definition) is 0. The largest absolute Gasteiger partial charge is 0.485 e. The van der Waals surface area contributed by atoms with E-state index in [1.54, 1.807) is 18.4 Å². The molecular weight excluding hydrogens is 484 g/mol. The monoisotopic (exact) mass is 514 g/mol. The Kier molecular flexibility index (Phi) is 6.73. The lowest BCUT2D eigenvalue weighted by atomic mass is 9.93. The first-order valence-electron chi connectivity index (χ1n) is 12.5. The van der Waals surface area contributed by atoms with Crippen LogP contribution in [0.3, 0.4) is 0 Å². The van der Waals surface area contributed by atoms with E-state index in [0.29, 0.717) is 26.5 Å². The highest BCUT2D eigenvalue weighted by Crippen LogP contribution is 2.32. The maximum Gasteiger partial charge on any atom is 0.338 e. The number of benzene rings is 2. The van der Waals surface area contributed by atoms with Crippen LogP contribution in [0.2, 0.25) is 0 Å². The van der Waals surface area contributed by atoms with E-state index in [4.69, 9.17) is 9.47 Å². The van der Waals surface area contributed by atoms with Crippen LogP contribution in [0.4, 0.5) is 0 Å². The van der Waals surface area contributed by atoms with Gasteiger partial charge in [-0.05, 0) is 61.6 Å². The van der Waals surface area contributed by atoms with Gasteiger partial charge in [-0.15, -0.1) is 0 Å². The molecule has 0 saturated carbocycles. The van der Waals surface area contributed by atoms with Crippen LogP contribution in [0.5, 0.6) is 5.75 Å². The highest BCUT2D eigenvalue weighted by atomic mass is 32.1. The van der Waals surface area contributed by atoms with Crippen molar-refractivity contribution in [3.8, 4) is 5.75 Å². The smallest absolute Gasteiger partial charge is 0.338 e. The molecule has 0 unspecified atom stereocenters. The molecule has 0 saturated heterocycles. The standard InChI is InChI=1S/C30H30N2O4S/c1-6-35-29(34)26-18(4)31-30-32(27(26)21-13-11-20(12-14-21)17(2)3)28(33)25(37-30)16-23-15-22-9-7-8-10-24(22)36-19(23)5/h7-17,19,27H,6H2,1-5H3/b25-16+/t19-,27-/m1/s1. The number of esters is 1. The van der Waals surface area contributed by atoms with Crippen LogP contribution in [0.25, 0.3) is 12.2 Å². The maximum atomic E-state index is 13.9. The molecule has 0 fully saturated rings. The van der Waals surface area contributed by atoms with Crippen molar-refractivity contribution in [3.05, 3.63) is 102 Å². The molecule has 7 heteroatoms. The summed E-state index contributed by atoms with van der Waals surface area (Å²) in [5.74, 6) is 0.744. The molecule has 37 heavy (non-hydrogen) atoms. The van der Waals surface area contributed by atoms with E-state index in [-0.39, 0.29) is 18.3 Å². The van der Waals surface area contributed by atoms with Gasteiger partial charge in [-0.2, -0.15) is 0 Å². The minimum atomic E-state index is -0.617. The number of thiazole rings is 1. The van der Waals surface area contributed by atoms with Crippen molar-refractivity contribution in [2.45, 2.75) is 52.7 Å². The molecule has 0 radical (unpaired) electrons. The fourth-order valence-electron chi connectivity index (χ4n) is 4.74. The number of fused-ring (bicyclic) bond motifs is 2. The van der Waals surface area contributed by atoms with Crippen molar-refractivity contribution >= 4 is 29.5 Å². The van der Waals surface area contributed by atoms with Gasteiger partial charge in [0.1, 0.15) is 11.9 Å².